The second-order valence-electron chi connectivity index (χ2n) is 9.79. The minimum Gasteiger partial charge on any atom is -0.415 e. The maximum absolute atomic E-state index is 6.68. The van der Waals surface area contributed by atoms with Crippen molar-refractivity contribution in [3.8, 4) is 0 Å². The first-order valence-electron chi connectivity index (χ1n) is 10.3. The van der Waals surface area contributed by atoms with Gasteiger partial charge in [-0.05, 0) is 53.2 Å². The highest BCUT2D eigenvalue weighted by Crippen LogP contribution is 2.42. The molecule has 2 aromatic carbocycles. The average Bonchev–Trinajstić information content (AvgIpc) is 2.64. The van der Waals surface area contributed by atoms with Gasteiger partial charge in [0.15, 0.2) is 8.32 Å². The molecule has 2 aromatic rings. The SMILES string of the molecule is CC(C)(C)[Si](C)(C)OC[C@@H]1Cc2ccccc2[C@@H]2Cc3ccccc3CN12. The Hall–Kier alpha value is -1.42. The number of nitrogens with zero attached hydrogens (tertiary/aromatic N) is 1. The van der Waals surface area contributed by atoms with Crippen LogP contribution in [0.4, 0.5) is 0 Å². The van der Waals surface area contributed by atoms with Gasteiger partial charge in [-0.2, -0.15) is 0 Å². The van der Waals surface area contributed by atoms with Crippen LogP contribution in [0.3, 0.4) is 0 Å². The van der Waals surface area contributed by atoms with Gasteiger partial charge in [0.2, 0.25) is 0 Å². The second-order valence-corrected chi connectivity index (χ2v) is 14.6. The summed E-state index contributed by atoms with van der Waals surface area (Å²) < 4.78 is 6.68. The molecule has 0 fully saturated rings. The highest BCUT2D eigenvalue weighted by molar-refractivity contribution is 6.74. The number of benzene rings is 2. The molecule has 0 aromatic heterocycles. The quantitative estimate of drug-likeness (QED) is 0.631. The predicted octanol–water partition coefficient (Wildman–Crippen LogP) is 5.73. The maximum Gasteiger partial charge on any atom is 0.192 e. The zero-order valence-electron chi connectivity index (χ0n) is 17.5. The third kappa shape index (κ3) is 3.53. The van der Waals surface area contributed by atoms with Crippen molar-refractivity contribution >= 4 is 8.32 Å². The van der Waals surface area contributed by atoms with Gasteiger partial charge in [-0.15, -0.1) is 0 Å². The third-order valence-electron chi connectivity index (χ3n) is 7.07. The fourth-order valence-electron chi connectivity index (χ4n) is 4.31. The first-order valence-corrected chi connectivity index (χ1v) is 13.2. The van der Waals surface area contributed by atoms with Crippen LogP contribution in [0.25, 0.3) is 0 Å². The summed E-state index contributed by atoms with van der Waals surface area (Å²) in [5, 5.41) is 0.257. The van der Waals surface area contributed by atoms with Crippen LogP contribution >= 0.6 is 0 Å². The molecule has 0 unspecified atom stereocenters. The summed E-state index contributed by atoms with van der Waals surface area (Å²) in [5.74, 6) is 0. The molecule has 2 aliphatic rings. The largest absolute Gasteiger partial charge is 0.415 e. The molecular weight excluding hydrogens is 346 g/mol. The zero-order chi connectivity index (χ0) is 19.2. The van der Waals surface area contributed by atoms with Crippen LogP contribution in [-0.4, -0.2) is 25.9 Å². The molecule has 4 rings (SSSR count). The Kier molecular flexibility index (Phi) is 4.82. The number of fused-ring (bicyclic) bond motifs is 4. The average molecular weight is 380 g/mol. The molecule has 144 valence electrons. The lowest BCUT2D eigenvalue weighted by Gasteiger charge is -2.47. The Morgan fingerprint density at radius 1 is 0.926 bits per heavy atom. The van der Waals surface area contributed by atoms with Crippen molar-refractivity contribution < 1.29 is 4.43 Å². The number of rotatable bonds is 3. The van der Waals surface area contributed by atoms with Gasteiger partial charge < -0.3 is 4.43 Å². The summed E-state index contributed by atoms with van der Waals surface area (Å²) in [6, 6.07) is 19.0. The van der Waals surface area contributed by atoms with Crippen molar-refractivity contribution in [3.63, 3.8) is 0 Å². The van der Waals surface area contributed by atoms with Crippen LogP contribution in [0, 0.1) is 0 Å². The van der Waals surface area contributed by atoms with Crippen molar-refractivity contribution in [2.45, 2.75) is 70.4 Å². The monoisotopic (exact) mass is 379 g/mol. The van der Waals surface area contributed by atoms with E-state index in [9.17, 15) is 0 Å². The van der Waals surface area contributed by atoms with Crippen LogP contribution < -0.4 is 0 Å². The van der Waals surface area contributed by atoms with Crippen LogP contribution in [0.1, 0.15) is 49.1 Å². The molecule has 3 heteroatoms. The lowest BCUT2D eigenvalue weighted by Crippen LogP contribution is -2.51. The minimum absolute atomic E-state index is 0.257. The van der Waals surface area contributed by atoms with Crippen molar-refractivity contribution in [3.05, 3.63) is 70.8 Å². The molecule has 27 heavy (non-hydrogen) atoms. The Balaban J connectivity index is 1.63. The van der Waals surface area contributed by atoms with Gasteiger partial charge in [-0.3, -0.25) is 4.90 Å². The summed E-state index contributed by atoms with van der Waals surface area (Å²) in [7, 11) is -1.74. The van der Waals surface area contributed by atoms with E-state index in [0.717, 1.165) is 26.0 Å². The Labute approximate surface area is 165 Å². The van der Waals surface area contributed by atoms with Crippen LogP contribution in [0.15, 0.2) is 48.5 Å². The van der Waals surface area contributed by atoms with Crippen LogP contribution in [-0.2, 0) is 23.8 Å². The first-order chi connectivity index (χ1) is 12.8. The molecule has 2 aliphatic heterocycles. The van der Waals surface area contributed by atoms with Crippen molar-refractivity contribution in [1.82, 2.24) is 4.90 Å². The van der Waals surface area contributed by atoms with Gasteiger partial charge in [0.05, 0.1) is 0 Å². The topological polar surface area (TPSA) is 12.5 Å². The van der Waals surface area contributed by atoms with Gasteiger partial charge in [0, 0.05) is 25.2 Å². The predicted molar refractivity (Wildman–Crippen MR) is 116 cm³/mol. The number of hydrogen-bond acceptors (Lipinski definition) is 2. The second kappa shape index (κ2) is 6.88. The zero-order valence-corrected chi connectivity index (χ0v) is 18.5. The molecule has 0 bridgehead atoms. The van der Waals surface area contributed by atoms with E-state index in [2.05, 4.69) is 87.3 Å². The molecule has 0 N–H and O–H groups in total. The molecule has 0 saturated heterocycles. The van der Waals surface area contributed by atoms with E-state index in [4.69, 9.17) is 4.43 Å². The van der Waals surface area contributed by atoms with Gasteiger partial charge in [0.1, 0.15) is 0 Å². The Bertz CT molecular complexity index is 823. The van der Waals surface area contributed by atoms with Crippen LogP contribution in [0.5, 0.6) is 0 Å². The Morgan fingerprint density at radius 2 is 1.56 bits per heavy atom. The van der Waals surface area contributed by atoms with E-state index in [-0.39, 0.29) is 5.04 Å². The van der Waals surface area contributed by atoms with Gasteiger partial charge in [-0.25, -0.2) is 0 Å². The molecular formula is C24H33NOSi. The molecule has 2 heterocycles. The maximum atomic E-state index is 6.68. The van der Waals surface area contributed by atoms with E-state index in [1.54, 1.807) is 0 Å². The summed E-state index contributed by atoms with van der Waals surface area (Å²) in [6.45, 7) is 13.6. The smallest absolute Gasteiger partial charge is 0.192 e. The molecule has 0 spiro atoms. The van der Waals surface area contributed by atoms with Crippen molar-refractivity contribution in [1.29, 1.82) is 0 Å². The van der Waals surface area contributed by atoms with E-state index < -0.39 is 8.32 Å². The Morgan fingerprint density at radius 3 is 2.26 bits per heavy atom. The van der Waals surface area contributed by atoms with Gasteiger partial charge >= 0.3 is 0 Å². The fraction of sp³-hybridized carbons (Fsp3) is 0.500. The molecule has 0 aliphatic carbocycles. The van der Waals surface area contributed by atoms with Crippen molar-refractivity contribution in [2.24, 2.45) is 0 Å². The van der Waals surface area contributed by atoms with Crippen molar-refractivity contribution in [2.75, 3.05) is 6.61 Å². The molecule has 0 saturated carbocycles. The van der Waals surface area contributed by atoms with E-state index >= 15 is 0 Å². The third-order valence-corrected chi connectivity index (χ3v) is 11.6. The van der Waals surface area contributed by atoms with Gasteiger partial charge in [-0.1, -0.05) is 69.3 Å². The summed E-state index contributed by atoms with van der Waals surface area (Å²) >= 11 is 0. The number of hydrogen-bond donors (Lipinski definition) is 0. The summed E-state index contributed by atoms with van der Waals surface area (Å²) in [6.07, 6.45) is 2.22. The van der Waals surface area contributed by atoms with Gasteiger partial charge in [0.25, 0.3) is 0 Å². The van der Waals surface area contributed by atoms with Crippen LogP contribution in [0.2, 0.25) is 18.1 Å². The standard InChI is InChI=1S/C24H33NOSi/c1-24(2,3)27(4,5)26-17-21-14-19-11-8-9-13-22(19)23-15-18-10-6-7-12-20(18)16-25(21)23/h6-13,21,23H,14-17H2,1-5H3/t21-,23-/m0/s1. The highest BCUT2D eigenvalue weighted by Gasteiger charge is 2.41. The fourth-order valence-corrected chi connectivity index (χ4v) is 5.35. The minimum atomic E-state index is -1.74. The highest BCUT2D eigenvalue weighted by atomic mass is 28.4. The van der Waals surface area contributed by atoms with E-state index in [1.165, 1.54) is 22.3 Å². The summed E-state index contributed by atoms with van der Waals surface area (Å²) in [4.78, 5) is 2.72. The lowest BCUT2D eigenvalue weighted by atomic mass is 9.81. The lowest BCUT2D eigenvalue weighted by molar-refractivity contribution is 0.0584. The first kappa shape index (κ1) is 18.9. The van der Waals surface area contributed by atoms with E-state index in [0.29, 0.717) is 12.1 Å². The summed E-state index contributed by atoms with van der Waals surface area (Å²) in [5.41, 5.74) is 6.04. The van der Waals surface area contributed by atoms with E-state index in [1.807, 2.05) is 0 Å². The molecule has 2 nitrogen and oxygen atoms in total. The molecule has 0 amide bonds. The molecule has 2 atom stereocenters. The normalized spacial score (nSPS) is 22.7. The molecule has 0 radical (unpaired) electrons.